The van der Waals surface area contributed by atoms with Gasteiger partial charge in [0.2, 0.25) is 0 Å². The average Bonchev–Trinajstić information content (AvgIpc) is 3.36. The quantitative estimate of drug-likeness (QED) is 0.511. The van der Waals surface area contributed by atoms with Gasteiger partial charge >= 0.3 is 18.4 Å². The van der Waals surface area contributed by atoms with Crippen LogP contribution in [0.15, 0.2) is 29.6 Å². The fourth-order valence-corrected chi connectivity index (χ4v) is 5.40. The van der Waals surface area contributed by atoms with E-state index in [0.717, 1.165) is 21.4 Å². The summed E-state index contributed by atoms with van der Waals surface area (Å²) in [4.78, 5) is 27.9. The van der Waals surface area contributed by atoms with Gasteiger partial charge in [0, 0.05) is 35.4 Å². The fourth-order valence-electron chi connectivity index (χ4n) is 4.63. The van der Waals surface area contributed by atoms with Crippen molar-refractivity contribution in [1.29, 1.82) is 0 Å². The van der Waals surface area contributed by atoms with E-state index >= 15 is 0 Å². The molecule has 2 aromatic rings. The van der Waals surface area contributed by atoms with Gasteiger partial charge in [-0.05, 0) is 60.7 Å². The SMILES string of the molecule is O=C(OC(C(F)(F)F)C(F)(F)F)N1CCC2(CCCN2C(=O)c2ccc3sccc3c2)CC1. The van der Waals surface area contributed by atoms with Crippen LogP contribution in [0.2, 0.25) is 0 Å². The minimum atomic E-state index is -5.76. The average molecular weight is 494 g/mol. The van der Waals surface area contributed by atoms with Crippen LogP contribution in [-0.4, -0.2) is 65.4 Å². The molecule has 1 aromatic carbocycles. The van der Waals surface area contributed by atoms with Crippen molar-refractivity contribution in [3.63, 3.8) is 0 Å². The highest BCUT2D eigenvalue weighted by atomic mass is 32.1. The molecule has 180 valence electrons. The molecule has 0 aliphatic carbocycles. The van der Waals surface area contributed by atoms with Crippen LogP contribution in [0.5, 0.6) is 0 Å². The molecule has 0 N–H and O–H groups in total. The number of hydrogen-bond donors (Lipinski definition) is 0. The summed E-state index contributed by atoms with van der Waals surface area (Å²) in [6.45, 7) is 0.290. The number of nitrogens with zero attached hydrogens (tertiary/aromatic N) is 2. The van der Waals surface area contributed by atoms with Crippen molar-refractivity contribution in [1.82, 2.24) is 9.80 Å². The maximum atomic E-state index is 13.2. The molecule has 4 rings (SSSR count). The number of fused-ring (bicyclic) bond motifs is 1. The number of amides is 2. The monoisotopic (exact) mass is 494 g/mol. The third-order valence-corrected chi connectivity index (χ3v) is 7.20. The second-order valence-corrected chi connectivity index (χ2v) is 9.24. The molecular weight excluding hydrogens is 474 g/mol. The summed E-state index contributed by atoms with van der Waals surface area (Å²) in [6.07, 6.45) is -15.5. The summed E-state index contributed by atoms with van der Waals surface area (Å²) in [5.41, 5.74) is -0.0764. The molecule has 3 heterocycles. The second kappa shape index (κ2) is 8.37. The molecule has 0 unspecified atom stereocenters. The first-order valence-corrected chi connectivity index (χ1v) is 11.2. The van der Waals surface area contributed by atoms with Crippen LogP contribution in [0.1, 0.15) is 36.0 Å². The Labute approximate surface area is 188 Å². The molecule has 0 saturated carbocycles. The molecule has 5 nitrogen and oxygen atoms in total. The van der Waals surface area contributed by atoms with Crippen LogP contribution in [0.25, 0.3) is 10.1 Å². The molecule has 33 heavy (non-hydrogen) atoms. The molecule has 2 amide bonds. The van der Waals surface area contributed by atoms with Crippen molar-refractivity contribution >= 4 is 33.4 Å². The summed E-state index contributed by atoms with van der Waals surface area (Å²) >= 11 is 1.56. The Balaban J connectivity index is 1.44. The van der Waals surface area contributed by atoms with Crippen molar-refractivity contribution in [3.05, 3.63) is 35.2 Å². The Bertz CT molecular complexity index is 1030. The predicted molar refractivity (Wildman–Crippen MR) is 108 cm³/mol. The van der Waals surface area contributed by atoms with Crippen molar-refractivity contribution in [2.75, 3.05) is 19.6 Å². The Morgan fingerprint density at radius 3 is 2.27 bits per heavy atom. The molecular formula is C21H20F6N2O3S. The number of likely N-dealkylation sites (tertiary alicyclic amines) is 2. The number of carbonyl (C=O) groups is 2. The number of thiophene rings is 1. The van der Waals surface area contributed by atoms with Gasteiger partial charge in [-0.25, -0.2) is 4.79 Å². The van der Waals surface area contributed by atoms with E-state index in [0.29, 0.717) is 18.5 Å². The number of alkyl halides is 6. The molecule has 2 aliphatic rings. The Morgan fingerprint density at radius 2 is 1.64 bits per heavy atom. The Morgan fingerprint density at radius 1 is 0.970 bits per heavy atom. The lowest BCUT2D eigenvalue weighted by Crippen LogP contribution is -2.56. The zero-order valence-electron chi connectivity index (χ0n) is 17.2. The highest BCUT2D eigenvalue weighted by Gasteiger charge is 2.60. The highest BCUT2D eigenvalue weighted by Crippen LogP contribution is 2.41. The first kappa shape index (κ1) is 23.7. The molecule has 2 fully saturated rings. The maximum Gasteiger partial charge on any atom is 0.434 e. The molecule has 0 radical (unpaired) electrons. The van der Waals surface area contributed by atoms with E-state index in [2.05, 4.69) is 4.74 Å². The maximum absolute atomic E-state index is 13.2. The van der Waals surface area contributed by atoms with Gasteiger partial charge in [0.25, 0.3) is 12.0 Å². The van der Waals surface area contributed by atoms with Gasteiger partial charge < -0.3 is 14.5 Å². The lowest BCUT2D eigenvalue weighted by atomic mass is 9.84. The van der Waals surface area contributed by atoms with Gasteiger partial charge in [0.05, 0.1) is 0 Å². The number of piperidine rings is 1. The van der Waals surface area contributed by atoms with E-state index in [-0.39, 0.29) is 31.8 Å². The molecule has 2 aliphatic heterocycles. The number of halogens is 6. The van der Waals surface area contributed by atoms with E-state index in [4.69, 9.17) is 0 Å². The minimum Gasteiger partial charge on any atom is -0.426 e. The van der Waals surface area contributed by atoms with E-state index < -0.39 is 30.1 Å². The number of ether oxygens (including phenoxy) is 1. The van der Waals surface area contributed by atoms with Gasteiger partial charge in [-0.2, -0.15) is 26.3 Å². The van der Waals surface area contributed by atoms with Crippen molar-refractivity contribution in [2.24, 2.45) is 0 Å². The zero-order valence-corrected chi connectivity index (χ0v) is 18.0. The van der Waals surface area contributed by atoms with Gasteiger partial charge in [-0.1, -0.05) is 0 Å². The van der Waals surface area contributed by atoms with E-state index in [1.165, 1.54) is 0 Å². The van der Waals surface area contributed by atoms with E-state index in [1.54, 1.807) is 28.4 Å². The molecule has 1 aromatic heterocycles. The summed E-state index contributed by atoms with van der Waals surface area (Å²) in [7, 11) is 0. The van der Waals surface area contributed by atoms with Crippen LogP contribution in [0.3, 0.4) is 0 Å². The highest BCUT2D eigenvalue weighted by molar-refractivity contribution is 7.17. The van der Waals surface area contributed by atoms with Gasteiger partial charge in [0.1, 0.15) is 0 Å². The second-order valence-electron chi connectivity index (χ2n) is 8.29. The lowest BCUT2D eigenvalue weighted by molar-refractivity contribution is -0.308. The van der Waals surface area contributed by atoms with Gasteiger partial charge in [-0.15, -0.1) is 11.3 Å². The zero-order chi connectivity index (χ0) is 24.0. The van der Waals surface area contributed by atoms with E-state index in [9.17, 15) is 35.9 Å². The number of rotatable bonds is 2. The molecule has 1 spiro atoms. The van der Waals surface area contributed by atoms with Gasteiger partial charge in [-0.3, -0.25) is 4.79 Å². The van der Waals surface area contributed by atoms with Crippen LogP contribution in [-0.2, 0) is 4.74 Å². The standard InChI is InChI=1S/C21H20F6N2O3S/c22-20(23,24)17(21(25,26)27)32-18(31)28-9-6-19(7-10-28)5-1-8-29(19)16(30)14-2-3-15-13(12-14)4-11-33-15/h2-4,11-12,17H,1,5-10H2. The number of carbonyl (C=O) groups excluding carboxylic acids is 2. The van der Waals surface area contributed by atoms with Crippen molar-refractivity contribution in [2.45, 2.75) is 49.7 Å². The number of benzene rings is 1. The van der Waals surface area contributed by atoms with Crippen molar-refractivity contribution < 1.29 is 40.7 Å². The summed E-state index contributed by atoms with van der Waals surface area (Å²) in [6, 6.07) is 7.33. The third kappa shape index (κ3) is 4.62. The lowest BCUT2D eigenvalue weighted by Gasteiger charge is -2.44. The normalized spacial score (nSPS) is 19.0. The Hall–Kier alpha value is -2.50. The van der Waals surface area contributed by atoms with Crippen LogP contribution < -0.4 is 0 Å². The Kier molecular flexibility index (Phi) is 6.00. The smallest absolute Gasteiger partial charge is 0.426 e. The first-order valence-electron chi connectivity index (χ1n) is 10.3. The summed E-state index contributed by atoms with van der Waals surface area (Å²) in [5, 5.41) is 2.87. The molecule has 0 atom stereocenters. The molecule has 0 bridgehead atoms. The predicted octanol–water partition coefficient (Wildman–Crippen LogP) is 5.60. The minimum absolute atomic E-state index is 0.103. The van der Waals surface area contributed by atoms with Crippen molar-refractivity contribution in [3.8, 4) is 0 Å². The first-order chi connectivity index (χ1) is 15.4. The van der Waals surface area contributed by atoms with Crippen LogP contribution in [0, 0.1) is 0 Å². The van der Waals surface area contributed by atoms with Gasteiger partial charge in [0.15, 0.2) is 0 Å². The van der Waals surface area contributed by atoms with Crippen LogP contribution >= 0.6 is 11.3 Å². The third-order valence-electron chi connectivity index (χ3n) is 6.31. The van der Waals surface area contributed by atoms with E-state index in [1.807, 2.05) is 17.5 Å². The van der Waals surface area contributed by atoms with Crippen LogP contribution in [0.4, 0.5) is 31.1 Å². The largest absolute Gasteiger partial charge is 0.434 e. The summed E-state index contributed by atoms with van der Waals surface area (Å²) in [5.74, 6) is -0.175. The summed E-state index contributed by atoms with van der Waals surface area (Å²) < 4.78 is 81.1. The number of hydrogen-bond acceptors (Lipinski definition) is 4. The molecule has 12 heteroatoms. The molecule has 2 saturated heterocycles. The topological polar surface area (TPSA) is 49.9 Å². The fraction of sp³-hybridized carbons (Fsp3) is 0.524.